The summed E-state index contributed by atoms with van der Waals surface area (Å²) in [4.78, 5) is 2.48. The predicted octanol–water partition coefficient (Wildman–Crippen LogP) is 2.01. The number of anilines is 1. The van der Waals surface area contributed by atoms with E-state index in [0.717, 1.165) is 25.2 Å². The van der Waals surface area contributed by atoms with Gasteiger partial charge >= 0.3 is 0 Å². The monoisotopic (exact) mass is 234 g/mol. The molecule has 1 aliphatic rings. The molecule has 1 fully saturated rings. The number of likely N-dealkylation sites (tertiary alicyclic amines) is 1. The van der Waals surface area contributed by atoms with Crippen molar-refractivity contribution in [3.05, 3.63) is 29.8 Å². The number of hydrogen-bond donors (Lipinski definition) is 2. The van der Waals surface area contributed by atoms with Gasteiger partial charge in [0.1, 0.15) is 0 Å². The zero-order valence-electron chi connectivity index (χ0n) is 10.3. The van der Waals surface area contributed by atoms with Crippen molar-refractivity contribution in [2.45, 2.75) is 38.3 Å². The molecular formula is C14H22N2O. The molecule has 1 heterocycles. The fourth-order valence-electron chi connectivity index (χ4n) is 2.67. The Labute approximate surface area is 103 Å². The van der Waals surface area contributed by atoms with Crippen molar-refractivity contribution < 1.29 is 5.11 Å². The van der Waals surface area contributed by atoms with E-state index in [2.05, 4.69) is 11.0 Å². The zero-order chi connectivity index (χ0) is 12.1. The maximum atomic E-state index is 9.10. The SMILES string of the molecule is Nc1cccc(CN2CCCCC2CCO)c1. The van der Waals surface area contributed by atoms with Crippen molar-refractivity contribution in [1.29, 1.82) is 0 Å². The molecule has 3 nitrogen and oxygen atoms in total. The first-order chi connectivity index (χ1) is 8.29. The van der Waals surface area contributed by atoms with Gasteiger partial charge in [0, 0.05) is 24.9 Å². The molecule has 0 saturated carbocycles. The molecule has 1 saturated heterocycles. The van der Waals surface area contributed by atoms with Crippen molar-refractivity contribution in [3.63, 3.8) is 0 Å². The fourth-order valence-corrected chi connectivity index (χ4v) is 2.67. The Kier molecular flexibility index (Phi) is 4.40. The average molecular weight is 234 g/mol. The Morgan fingerprint density at radius 1 is 1.35 bits per heavy atom. The lowest BCUT2D eigenvalue weighted by Gasteiger charge is -2.35. The van der Waals surface area contributed by atoms with Gasteiger partial charge in [-0.25, -0.2) is 0 Å². The highest BCUT2D eigenvalue weighted by molar-refractivity contribution is 5.40. The molecule has 1 atom stereocenters. The van der Waals surface area contributed by atoms with Crippen LogP contribution in [0.15, 0.2) is 24.3 Å². The number of nitrogens with two attached hydrogens (primary N) is 1. The molecule has 1 unspecified atom stereocenters. The number of hydrogen-bond acceptors (Lipinski definition) is 3. The third-order valence-electron chi connectivity index (χ3n) is 3.55. The summed E-state index contributed by atoms with van der Waals surface area (Å²) >= 11 is 0. The minimum absolute atomic E-state index is 0.290. The van der Waals surface area contributed by atoms with Crippen LogP contribution in [-0.4, -0.2) is 29.2 Å². The molecule has 1 aromatic carbocycles. The Balaban J connectivity index is 2.00. The number of rotatable bonds is 4. The lowest BCUT2D eigenvalue weighted by atomic mass is 9.99. The Bertz CT molecular complexity index is 352. The summed E-state index contributed by atoms with van der Waals surface area (Å²) in [6, 6.07) is 8.64. The summed E-state index contributed by atoms with van der Waals surface area (Å²) in [5.41, 5.74) is 7.90. The smallest absolute Gasteiger partial charge is 0.0445 e. The second-order valence-electron chi connectivity index (χ2n) is 4.88. The Morgan fingerprint density at radius 3 is 3.00 bits per heavy atom. The molecule has 0 spiro atoms. The first kappa shape index (κ1) is 12.4. The third kappa shape index (κ3) is 3.45. The van der Waals surface area contributed by atoms with Gasteiger partial charge in [-0.3, -0.25) is 4.90 Å². The quantitative estimate of drug-likeness (QED) is 0.783. The summed E-state index contributed by atoms with van der Waals surface area (Å²) in [5.74, 6) is 0. The highest BCUT2D eigenvalue weighted by Gasteiger charge is 2.21. The molecule has 0 aromatic heterocycles. The van der Waals surface area contributed by atoms with Crippen LogP contribution in [-0.2, 0) is 6.54 Å². The van der Waals surface area contributed by atoms with E-state index in [0.29, 0.717) is 6.04 Å². The predicted molar refractivity (Wildman–Crippen MR) is 70.6 cm³/mol. The van der Waals surface area contributed by atoms with Crippen molar-refractivity contribution in [3.8, 4) is 0 Å². The third-order valence-corrected chi connectivity index (χ3v) is 3.55. The van der Waals surface area contributed by atoms with Gasteiger partial charge in [-0.2, -0.15) is 0 Å². The summed E-state index contributed by atoms with van der Waals surface area (Å²) in [5, 5.41) is 9.10. The largest absolute Gasteiger partial charge is 0.399 e. The van der Waals surface area contributed by atoms with Crippen LogP contribution in [0.3, 0.4) is 0 Å². The van der Waals surface area contributed by atoms with Gasteiger partial charge in [0.25, 0.3) is 0 Å². The minimum atomic E-state index is 0.290. The van der Waals surface area contributed by atoms with Crippen LogP contribution in [0.25, 0.3) is 0 Å². The van der Waals surface area contributed by atoms with Crippen LogP contribution in [0.1, 0.15) is 31.2 Å². The molecule has 0 aliphatic carbocycles. The standard InChI is InChI=1S/C14H22N2O/c15-13-5-3-4-12(10-13)11-16-8-2-1-6-14(16)7-9-17/h3-5,10,14,17H,1-2,6-9,11,15H2. The van der Waals surface area contributed by atoms with Gasteiger partial charge < -0.3 is 10.8 Å². The van der Waals surface area contributed by atoms with Crippen LogP contribution < -0.4 is 5.73 Å². The summed E-state index contributed by atoms with van der Waals surface area (Å²) in [6.07, 6.45) is 4.66. The average Bonchev–Trinajstić information content (AvgIpc) is 2.32. The fraction of sp³-hybridized carbons (Fsp3) is 0.571. The Morgan fingerprint density at radius 2 is 2.24 bits per heavy atom. The maximum absolute atomic E-state index is 9.10. The van der Waals surface area contributed by atoms with Crippen molar-refractivity contribution in [1.82, 2.24) is 4.90 Å². The van der Waals surface area contributed by atoms with E-state index in [-0.39, 0.29) is 6.61 Å². The summed E-state index contributed by atoms with van der Waals surface area (Å²) in [6.45, 7) is 2.38. The molecule has 1 aromatic rings. The molecule has 94 valence electrons. The van der Waals surface area contributed by atoms with Gasteiger partial charge in [0.15, 0.2) is 0 Å². The molecule has 3 N–H and O–H groups in total. The maximum Gasteiger partial charge on any atom is 0.0445 e. The molecular weight excluding hydrogens is 212 g/mol. The summed E-state index contributed by atoms with van der Waals surface area (Å²) < 4.78 is 0. The van der Waals surface area contributed by atoms with Gasteiger partial charge in [0.2, 0.25) is 0 Å². The molecule has 1 aliphatic heterocycles. The van der Waals surface area contributed by atoms with Gasteiger partial charge in [-0.05, 0) is 43.5 Å². The molecule has 2 rings (SSSR count). The van der Waals surface area contributed by atoms with Crippen molar-refractivity contribution in [2.75, 3.05) is 18.9 Å². The van der Waals surface area contributed by atoms with E-state index in [1.54, 1.807) is 0 Å². The van der Waals surface area contributed by atoms with E-state index in [1.807, 2.05) is 18.2 Å². The van der Waals surface area contributed by atoms with Gasteiger partial charge in [-0.1, -0.05) is 18.6 Å². The highest BCUT2D eigenvalue weighted by atomic mass is 16.3. The van der Waals surface area contributed by atoms with Crippen LogP contribution >= 0.6 is 0 Å². The van der Waals surface area contributed by atoms with E-state index in [4.69, 9.17) is 10.8 Å². The van der Waals surface area contributed by atoms with Crippen LogP contribution in [0.5, 0.6) is 0 Å². The number of benzene rings is 1. The van der Waals surface area contributed by atoms with Crippen molar-refractivity contribution in [2.24, 2.45) is 0 Å². The highest BCUT2D eigenvalue weighted by Crippen LogP contribution is 2.22. The zero-order valence-corrected chi connectivity index (χ0v) is 10.3. The second kappa shape index (κ2) is 6.03. The van der Waals surface area contributed by atoms with Gasteiger partial charge in [0.05, 0.1) is 0 Å². The molecule has 17 heavy (non-hydrogen) atoms. The minimum Gasteiger partial charge on any atom is -0.399 e. The van der Waals surface area contributed by atoms with Gasteiger partial charge in [-0.15, -0.1) is 0 Å². The first-order valence-corrected chi connectivity index (χ1v) is 6.49. The van der Waals surface area contributed by atoms with Crippen LogP contribution in [0.4, 0.5) is 5.69 Å². The van der Waals surface area contributed by atoms with E-state index in [9.17, 15) is 0 Å². The molecule has 3 heteroatoms. The van der Waals surface area contributed by atoms with E-state index in [1.165, 1.54) is 24.8 Å². The number of aliphatic hydroxyl groups excluding tert-OH is 1. The summed E-state index contributed by atoms with van der Waals surface area (Å²) in [7, 11) is 0. The lowest BCUT2D eigenvalue weighted by molar-refractivity contribution is 0.112. The number of nitrogens with zero attached hydrogens (tertiary/aromatic N) is 1. The topological polar surface area (TPSA) is 49.5 Å². The van der Waals surface area contributed by atoms with Crippen molar-refractivity contribution >= 4 is 5.69 Å². The number of nitrogen functional groups attached to an aromatic ring is 1. The molecule has 0 radical (unpaired) electrons. The van der Waals surface area contributed by atoms with Crippen LogP contribution in [0.2, 0.25) is 0 Å². The molecule has 0 bridgehead atoms. The second-order valence-corrected chi connectivity index (χ2v) is 4.88. The molecule has 0 amide bonds. The number of aliphatic hydroxyl groups is 1. The van der Waals surface area contributed by atoms with Crippen LogP contribution in [0, 0.1) is 0 Å². The lowest BCUT2D eigenvalue weighted by Crippen LogP contribution is -2.39. The Hall–Kier alpha value is -1.06. The van der Waals surface area contributed by atoms with E-state index < -0.39 is 0 Å². The van der Waals surface area contributed by atoms with E-state index >= 15 is 0 Å². The first-order valence-electron chi connectivity index (χ1n) is 6.49. The normalized spacial score (nSPS) is 21.6. The number of piperidine rings is 1.